The molecule has 2 N–H and O–H groups in total. The lowest BCUT2D eigenvalue weighted by molar-refractivity contribution is 0.624. The van der Waals surface area contributed by atoms with Crippen LogP contribution in [0.5, 0.6) is 0 Å². The smallest absolute Gasteiger partial charge is 0.191 e. The van der Waals surface area contributed by atoms with Gasteiger partial charge in [0.1, 0.15) is 11.6 Å². The zero-order valence-corrected chi connectivity index (χ0v) is 19.8. The molecule has 0 amide bonds. The van der Waals surface area contributed by atoms with Crippen LogP contribution in [0.3, 0.4) is 0 Å². The van der Waals surface area contributed by atoms with Crippen molar-refractivity contribution in [2.75, 3.05) is 32.6 Å². The molecule has 0 bridgehead atoms. The highest BCUT2D eigenvalue weighted by molar-refractivity contribution is 14.0. The Balaban J connectivity index is 0.00000300. The summed E-state index contributed by atoms with van der Waals surface area (Å²) in [5.41, 5.74) is 3.42. The van der Waals surface area contributed by atoms with E-state index in [2.05, 4.69) is 61.4 Å². The molecule has 7 nitrogen and oxygen atoms in total. The highest BCUT2D eigenvalue weighted by Gasteiger charge is 2.06. The van der Waals surface area contributed by atoms with Crippen LogP contribution in [0.1, 0.15) is 17.8 Å². The van der Waals surface area contributed by atoms with E-state index in [4.69, 9.17) is 0 Å². The number of imidazole rings is 1. The molecular formula is C21H30IN7. The molecule has 0 fully saturated rings. The van der Waals surface area contributed by atoms with E-state index in [1.807, 2.05) is 37.3 Å². The number of pyridine rings is 1. The zero-order chi connectivity index (χ0) is 19.9. The maximum atomic E-state index is 4.62. The van der Waals surface area contributed by atoms with E-state index in [1.165, 1.54) is 11.1 Å². The number of halogens is 1. The van der Waals surface area contributed by atoms with E-state index in [0.717, 1.165) is 42.6 Å². The third kappa shape index (κ3) is 6.06. The van der Waals surface area contributed by atoms with Crippen LogP contribution in [0.4, 0.5) is 5.82 Å². The van der Waals surface area contributed by atoms with E-state index >= 15 is 0 Å². The topological polar surface area (TPSA) is 70.4 Å². The van der Waals surface area contributed by atoms with Gasteiger partial charge in [-0.1, -0.05) is 12.1 Å². The van der Waals surface area contributed by atoms with Crippen LogP contribution < -0.4 is 15.5 Å². The quantitative estimate of drug-likeness (QED) is 0.223. The number of aryl methyl sites for hydroxylation is 2. The van der Waals surface area contributed by atoms with Crippen LogP contribution in [0.25, 0.3) is 11.0 Å². The van der Waals surface area contributed by atoms with Crippen LogP contribution in [-0.2, 0) is 13.1 Å². The predicted octanol–water partition coefficient (Wildman–Crippen LogP) is 3.18. The minimum Gasteiger partial charge on any atom is -0.363 e. The van der Waals surface area contributed by atoms with Crippen LogP contribution in [0, 0.1) is 6.92 Å². The lowest BCUT2D eigenvalue weighted by Gasteiger charge is -2.14. The number of hydrogen-bond acceptors (Lipinski definition) is 4. The van der Waals surface area contributed by atoms with Gasteiger partial charge in [-0.25, -0.2) is 9.97 Å². The maximum absolute atomic E-state index is 4.62. The van der Waals surface area contributed by atoms with Crippen molar-refractivity contribution in [3.8, 4) is 0 Å². The number of hydrogen-bond donors (Lipinski definition) is 2. The second-order valence-electron chi connectivity index (χ2n) is 6.92. The normalized spacial score (nSPS) is 11.2. The second kappa shape index (κ2) is 11.0. The monoisotopic (exact) mass is 507 g/mol. The molecule has 1 aromatic carbocycles. The molecule has 3 aromatic rings. The molecule has 0 aliphatic heterocycles. The molecular weight excluding hydrogens is 477 g/mol. The molecule has 0 aliphatic rings. The molecule has 8 heteroatoms. The summed E-state index contributed by atoms with van der Waals surface area (Å²) in [7, 11) is 5.77. The van der Waals surface area contributed by atoms with Gasteiger partial charge in [-0.2, -0.15) is 0 Å². The fourth-order valence-electron chi connectivity index (χ4n) is 3.14. The van der Waals surface area contributed by atoms with Gasteiger partial charge in [-0.15, -0.1) is 24.0 Å². The fourth-order valence-corrected chi connectivity index (χ4v) is 3.14. The van der Waals surface area contributed by atoms with Crippen molar-refractivity contribution in [2.24, 2.45) is 4.99 Å². The lowest BCUT2D eigenvalue weighted by atomic mass is 10.2. The first-order chi connectivity index (χ1) is 13.6. The van der Waals surface area contributed by atoms with Gasteiger partial charge in [0.25, 0.3) is 0 Å². The molecule has 0 saturated carbocycles. The van der Waals surface area contributed by atoms with Gasteiger partial charge >= 0.3 is 0 Å². The van der Waals surface area contributed by atoms with Gasteiger partial charge in [0.2, 0.25) is 0 Å². The molecule has 0 radical (unpaired) electrons. The number of nitrogens with zero attached hydrogens (tertiary/aromatic N) is 5. The number of anilines is 1. The van der Waals surface area contributed by atoms with Gasteiger partial charge in [0, 0.05) is 47.0 Å². The number of fused-ring (bicyclic) bond motifs is 1. The minimum atomic E-state index is 0. The van der Waals surface area contributed by atoms with Gasteiger partial charge in [0.15, 0.2) is 5.96 Å². The van der Waals surface area contributed by atoms with Crippen molar-refractivity contribution in [3.05, 3.63) is 54.0 Å². The Labute approximate surface area is 189 Å². The summed E-state index contributed by atoms with van der Waals surface area (Å²) in [6.07, 6.45) is 2.82. The molecule has 2 heterocycles. The summed E-state index contributed by atoms with van der Waals surface area (Å²) >= 11 is 0. The number of rotatable bonds is 7. The molecule has 0 aliphatic carbocycles. The average molecular weight is 507 g/mol. The average Bonchev–Trinajstić information content (AvgIpc) is 3.02. The Morgan fingerprint density at radius 2 is 1.97 bits per heavy atom. The van der Waals surface area contributed by atoms with Crippen molar-refractivity contribution in [1.29, 1.82) is 0 Å². The highest BCUT2D eigenvalue weighted by atomic mass is 127. The summed E-state index contributed by atoms with van der Waals surface area (Å²) in [4.78, 5) is 15.3. The molecule has 0 spiro atoms. The van der Waals surface area contributed by atoms with Crippen LogP contribution in [-0.4, -0.2) is 48.2 Å². The Morgan fingerprint density at radius 1 is 1.17 bits per heavy atom. The number of aromatic nitrogens is 3. The number of aliphatic imine (C=N–C) groups is 1. The van der Waals surface area contributed by atoms with Crippen LogP contribution in [0.2, 0.25) is 0 Å². The Hall–Kier alpha value is -2.36. The molecule has 0 unspecified atom stereocenters. The molecule has 0 saturated heterocycles. The molecule has 3 rings (SSSR count). The largest absolute Gasteiger partial charge is 0.363 e. The van der Waals surface area contributed by atoms with Crippen LogP contribution >= 0.6 is 24.0 Å². The van der Waals surface area contributed by atoms with E-state index < -0.39 is 0 Å². The standard InChI is InChI=1S/C21H29N7.HI/c1-16-26-18-8-5-6-9-19(18)28(16)13-7-11-24-21(22-2)25-15-17-10-12-23-20(14-17)27(3)4;/h5-6,8-10,12,14H,7,11,13,15H2,1-4H3,(H2,22,24,25);1H. The number of para-hydroxylation sites is 2. The maximum Gasteiger partial charge on any atom is 0.191 e. The van der Waals surface area contributed by atoms with Crippen molar-refractivity contribution in [1.82, 2.24) is 25.2 Å². The first kappa shape index (κ1) is 22.9. The molecule has 2 aromatic heterocycles. The Morgan fingerprint density at radius 3 is 2.72 bits per heavy atom. The van der Waals surface area contributed by atoms with Crippen LogP contribution in [0.15, 0.2) is 47.6 Å². The first-order valence-electron chi connectivity index (χ1n) is 9.57. The lowest BCUT2D eigenvalue weighted by Crippen LogP contribution is -2.37. The summed E-state index contributed by atoms with van der Waals surface area (Å²) in [6, 6.07) is 12.4. The third-order valence-corrected chi connectivity index (χ3v) is 4.65. The highest BCUT2D eigenvalue weighted by Crippen LogP contribution is 2.15. The fraction of sp³-hybridized carbons (Fsp3) is 0.381. The summed E-state index contributed by atoms with van der Waals surface area (Å²) in [6.45, 7) is 4.52. The van der Waals surface area contributed by atoms with Crippen molar-refractivity contribution < 1.29 is 0 Å². The third-order valence-electron chi connectivity index (χ3n) is 4.65. The van der Waals surface area contributed by atoms with Crippen molar-refractivity contribution in [3.63, 3.8) is 0 Å². The summed E-state index contributed by atoms with van der Waals surface area (Å²) in [5.74, 6) is 2.80. The number of benzene rings is 1. The van der Waals surface area contributed by atoms with E-state index in [9.17, 15) is 0 Å². The van der Waals surface area contributed by atoms with Gasteiger partial charge in [-0.05, 0) is 43.2 Å². The SMILES string of the molecule is CN=C(NCCCn1c(C)nc2ccccc21)NCc1ccnc(N(C)C)c1.I. The van der Waals surface area contributed by atoms with Gasteiger partial charge < -0.3 is 20.1 Å². The number of guanidine groups is 1. The zero-order valence-electron chi connectivity index (χ0n) is 17.5. The van der Waals surface area contributed by atoms with Gasteiger partial charge in [0.05, 0.1) is 11.0 Å². The summed E-state index contributed by atoms with van der Waals surface area (Å²) in [5, 5.41) is 6.75. The van der Waals surface area contributed by atoms with Gasteiger partial charge in [-0.3, -0.25) is 4.99 Å². The van der Waals surface area contributed by atoms with Crippen molar-refractivity contribution >= 4 is 46.8 Å². The van der Waals surface area contributed by atoms with E-state index in [0.29, 0.717) is 6.54 Å². The summed E-state index contributed by atoms with van der Waals surface area (Å²) < 4.78 is 2.27. The van der Waals surface area contributed by atoms with E-state index in [-0.39, 0.29) is 24.0 Å². The molecule has 29 heavy (non-hydrogen) atoms. The first-order valence-corrected chi connectivity index (χ1v) is 9.57. The predicted molar refractivity (Wildman–Crippen MR) is 131 cm³/mol. The minimum absolute atomic E-state index is 0. The number of nitrogens with one attached hydrogen (secondary N) is 2. The van der Waals surface area contributed by atoms with Crippen molar-refractivity contribution in [2.45, 2.75) is 26.4 Å². The second-order valence-corrected chi connectivity index (χ2v) is 6.92. The Bertz CT molecular complexity index is 949. The molecule has 0 atom stereocenters. The van der Waals surface area contributed by atoms with E-state index in [1.54, 1.807) is 7.05 Å². The molecule has 156 valence electrons. The Kier molecular flexibility index (Phi) is 8.69.